The Bertz CT molecular complexity index is 1140. The predicted molar refractivity (Wildman–Crippen MR) is 125 cm³/mol. The molecule has 1 aliphatic heterocycles. The van der Waals surface area contributed by atoms with Crippen LogP contribution >= 0.6 is 11.3 Å². The molecular weight excluding hydrogens is 426 g/mol. The summed E-state index contributed by atoms with van der Waals surface area (Å²) in [6.07, 6.45) is 1.58. The Labute approximate surface area is 190 Å². The molecule has 1 aromatic heterocycles. The Hall–Kier alpha value is -3.65. The summed E-state index contributed by atoms with van der Waals surface area (Å²) in [4.78, 5) is 25.8. The second-order valence-corrected chi connectivity index (χ2v) is 8.10. The summed E-state index contributed by atoms with van der Waals surface area (Å²) in [7, 11) is 3.18. The van der Waals surface area contributed by atoms with Gasteiger partial charge < -0.3 is 14.8 Å². The zero-order chi connectivity index (χ0) is 22.5. The number of ether oxygens (including phenoxy) is 2. The van der Waals surface area contributed by atoms with Gasteiger partial charge in [0.1, 0.15) is 0 Å². The van der Waals surface area contributed by atoms with Crippen molar-refractivity contribution in [1.29, 1.82) is 0 Å². The van der Waals surface area contributed by atoms with Crippen LogP contribution in [0.5, 0.6) is 11.5 Å². The molecule has 0 spiro atoms. The molecule has 0 bridgehead atoms. The molecule has 0 atom stereocenters. The smallest absolute Gasteiger partial charge is 0.273 e. The predicted octanol–water partition coefficient (Wildman–Crippen LogP) is 4.66. The first-order valence-electron chi connectivity index (χ1n) is 10.2. The van der Waals surface area contributed by atoms with E-state index in [4.69, 9.17) is 9.47 Å². The van der Waals surface area contributed by atoms with Gasteiger partial charge in [-0.3, -0.25) is 9.59 Å². The van der Waals surface area contributed by atoms with Crippen LogP contribution in [0.4, 0.5) is 5.69 Å². The van der Waals surface area contributed by atoms with Crippen LogP contribution in [0.15, 0.2) is 65.1 Å². The van der Waals surface area contributed by atoms with Crippen molar-refractivity contribution in [2.75, 3.05) is 26.1 Å². The van der Waals surface area contributed by atoms with Crippen LogP contribution in [0.25, 0.3) is 0 Å². The molecule has 3 aromatic rings. The molecule has 2 aromatic carbocycles. The van der Waals surface area contributed by atoms with Gasteiger partial charge in [-0.2, -0.15) is 5.10 Å². The van der Waals surface area contributed by atoms with E-state index < -0.39 is 0 Å². The number of amides is 2. The van der Waals surface area contributed by atoms with E-state index in [-0.39, 0.29) is 11.8 Å². The third-order valence-electron chi connectivity index (χ3n) is 5.11. The molecule has 32 heavy (non-hydrogen) atoms. The summed E-state index contributed by atoms with van der Waals surface area (Å²) in [5, 5.41) is 10.8. The Morgan fingerprint density at radius 2 is 1.81 bits per heavy atom. The highest BCUT2D eigenvalue weighted by Crippen LogP contribution is 2.29. The van der Waals surface area contributed by atoms with Crippen molar-refractivity contribution in [3.05, 3.63) is 76.0 Å². The van der Waals surface area contributed by atoms with Crippen LogP contribution in [0.1, 0.15) is 38.4 Å². The van der Waals surface area contributed by atoms with Gasteiger partial charge in [-0.15, -0.1) is 11.3 Å². The summed E-state index contributed by atoms with van der Waals surface area (Å²) in [5.74, 6) is 0.918. The number of hydrogen-bond donors (Lipinski definition) is 1. The quantitative estimate of drug-likeness (QED) is 0.594. The number of hydrogen-bond acceptors (Lipinski definition) is 6. The number of nitrogens with one attached hydrogen (secondary N) is 1. The Morgan fingerprint density at radius 3 is 2.50 bits per heavy atom. The van der Waals surface area contributed by atoms with Gasteiger partial charge in [0, 0.05) is 23.4 Å². The molecule has 0 radical (unpaired) electrons. The molecule has 0 unspecified atom stereocenters. The fourth-order valence-electron chi connectivity index (χ4n) is 3.45. The van der Waals surface area contributed by atoms with E-state index in [9.17, 15) is 9.59 Å². The van der Waals surface area contributed by atoms with Crippen molar-refractivity contribution < 1.29 is 19.1 Å². The number of rotatable bonds is 6. The number of benzene rings is 2. The van der Waals surface area contributed by atoms with E-state index in [1.54, 1.807) is 44.6 Å². The van der Waals surface area contributed by atoms with Gasteiger partial charge in [-0.25, -0.2) is 5.01 Å². The van der Waals surface area contributed by atoms with Gasteiger partial charge in [-0.1, -0.05) is 6.07 Å². The van der Waals surface area contributed by atoms with Gasteiger partial charge in [0.05, 0.1) is 24.8 Å². The van der Waals surface area contributed by atoms with Crippen molar-refractivity contribution in [3.8, 4) is 11.5 Å². The topological polar surface area (TPSA) is 80.2 Å². The van der Waals surface area contributed by atoms with Gasteiger partial charge >= 0.3 is 0 Å². The van der Waals surface area contributed by atoms with E-state index in [2.05, 4.69) is 10.4 Å². The highest BCUT2D eigenvalue weighted by molar-refractivity contribution is 7.12. The number of anilines is 1. The molecule has 7 nitrogen and oxygen atoms in total. The first-order chi connectivity index (χ1) is 15.6. The highest BCUT2D eigenvalue weighted by atomic mass is 32.1. The number of carbonyl (C=O) groups is 2. The minimum Gasteiger partial charge on any atom is -0.493 e. The Balaban J connectivity index is 1.48. The largest absolute Gasteiger partial charge is 0.493 e. The van der Waals surface area contributed by atoms with Gasteiger partial charge in [0.25, 0.3) is 11.8 Å². The normalized spacial score (nSPS) is 13.3. The van der Waals surface area contributed by atoms with Crippen LogP contribution in [-0.2, 0) is 0 Å². The first kappa shape index (κ1) is 21.6. The fourth-order valence-corrected chi connectivity index (χ4v) is 4.07. The monoisotopic (exact) mass is 449 g/mol. The molecule has 8 heteroatoms. The van der Waals surface area contributed by atoms with E-state index in [1.807, 2.05) is 29.6 Å². The van der Waals surface area contributed by atoms with E-state index in [0.717, 1.165) is 24.1 Å². The lowest BCUT2D eigenvalue weighted by atomic mass is 10.0. The molecule has 164 valence electrons. The molecule has 0 fully saturated rings. The molecule has 2 amide bonds. The fraction of sp³-hybridized carbons (Fsp3) is 0.208. The zero-order valence-electron chi connectivity index (χ0n) is 17.8. The molecule has 1 aliphatic rings. The minimum absolute atomic E-state index is 0.167. The van der Waals surface area contributed by atoms with E-state index >= 15 is 0 Å². The third-order valence-corrected chi connectivity index (χ3v) is 5.98. The average molecular weight is 450 g/mol. The van der Waals surface area contributed by atoms with Crippen LogP contribution in [0.3, 0.4) is 0 Å². The van der Waals surface area contributed by atoms with Crippen LogP contribution in [-0.4, -0.2) is 43.3 Å². The Morgan fingerprint density at radius 1 is 1.03 bits per heavy atom. The van der Waals surface area contributed by atoms with Crippen molar-refractivity contribution in [2.45, 2.75) is 12.8 Å². The standard InChI is InChI=1S/C24H23N3O4S/c1-30-20-12-9-17(15-21(20)31-2)19-5-3-13-27(26-19)24(29)16-7-10-18(11-8-16)25-23(28)22-6-4-14-32-22/h4,6-12,14-15H,3,5,13H2,1-2H3,(H,25,28). The summed E-state index contributed by atoms with van der Waals surface area (Å²) >= 11 is 1.38. The number of carbonyl (C=O) groups excluding carboxylic acids is 2. The van der Waals surface area contributed by atoms with Crippen LogP contribution in [0, 0.1) is 0 Å². The molecule has 0 aliphatic carbocycles. The van der Waals surface area contributed by atoms with E-state index in [0.29, 0.717) is 34.2 Å². The summed E-state index contributed by atoms with van der Waals surface area (Å²) in [6, 6.07) is 16.1. The summed E-state index contributed by atoms with van der Waals surface area (Å²) in [6.45, 7) is 0.548. The van der Waals surface area contributed by atoms with Crippen LogP contribution in [0.2, 0.25) is 0 Å². The molecule has 2 heterocycles. The SMILES string of the molecule is COc1ccc(C2=NN(C(=O)c3ccc(NC(=O)c4cccs4)cc3)CCC2)cc1OC. The molecule has 4 rings (SSSR count). The van der Waals surface area contributed by atoms with Crippen LogP contribution < -0.4 is 14.8 Å². The molecule has 0 saturated heterocycles. The second-order valence-electron chi connectivity index (χ2n) is 7.16. The van der Waals surface area contributed by atoms with Crippen molar-refractivity contribution in [3.63, 3.8) is 0 Å². The lowest BCUT2D eigenvalue weighted by Crippen LogP contribution is -2.32. The maximum absolute atomic E-state index is 13.0. The number of thiophene rings is 1. The third kappa shape index (κ3) is 4.65. The van der Waals surface area contributed by atoms with Gasteiger partial charge in [-0.05, 0) is 66.8 Å². The summed E-state index contributed by atoms with van der Waals surface area (Å²) in [5.41, 5.74) is 2.86. The highest BCUT2D eigenvalue weighted by Gasteiger charge is 2.21. The summed E-state index contributed by atoms with van der Waals surface area (Å²) < 4.78 is 10.7. The number of nitrogens with zero attached hydrogens (tertiary/aromatic N) is 2. The van der Waals surface area contributed by atoms with Crippen molar-refractivity contribution >= 4 is 34.6 Å². The maximum Gasteiger partial charge on any atom is 0.273 e. The lowest BCUT2D eigenvalue weighted by Gasteiger charge is -2.24. The lowest BCUT2D eigenvalue weighted by molar-refractivity contribution is 0.0751. The second kappa shape index (κ2) is 9.65. The van der Waals surface area contributed by atoms with E-state index in [1.165, 1.54) is 16.3 Å². The minimum atomic E-state index is -0.182. The van der Waals surface area contributed by atoms with Gasteiger partial charge in [0.2, 0.25) is 0 Å². The first-order valence-corrected chi connectivity index (χ1v) is 11.0. The maximum atomic E-state index is 13.0. The molecule has 1 N–H and O–H groups in total. The molecule has 0 saturated carbocycles. The Kier molecular flexibility index (Phi) is 6.51. The average Bonchev–Trinajstić information content (AvgIpc) is 3.39. The number of hydrazone groups is 1. The van der Waals surface area contributed by atoms with Crippen molar-refractivity contribution in [2.24, 2.45) is 5.10 Å². The van der Waals surface area contributed by atoms with Gasteiger partial charge in [0.15, 0.2) is 11.5 Å². The number of methoxy groups -OCH3 is 2. The molecular formula is C24H23N3O4S. The zero-order valence-corrected chi connectivity index (χ0v) is 18.6. The van der Waals surface area contributed by atoms with Crippen molar-refractivity contribution in [1.82, 2.24) is 5.01 Å².